The van der Waals surface area contributed by atoms with Crippen molar-refractivity contribution in [1.82, 2.24) is 0 Å². The second-order valence-corrected chi connectivity index (χ2v) is 4.44. The van der Waals surface area contributed by atoms with Crippen molar-refractivity contribution < 1.29 is 0 Å². The minimum absolute atomic E-state index is 0.668. The van der Waals surface area contributed by atoms with Crippen molar-refractivity contribution in [3.8, 4) is 0 Å². The quantitative estimate of drug-likeness (QED) is 0.544. The molecule has 0 amide bonds. The van der Waals surface area contributed by atoms with Gasteiger partial charge in [0.05, 0.1) is 0 Å². The van der Waals surface area contributed by atoms with E-state index in [2.05, 4.69) is 25.1 Å². The summed E-state index contributed by atoms with van der Waals surface area (Å²) in [4.78, 5) is 0. The monoisotopic (exact) mass is 158 g/mol. The zero-order chi connectivity index (χ0) is 8.18. The minimum atomic E-state index is 0.668. The Morgan fingerprint density at radius 2 is 2.00 bits per heavy atom. The van der Waals surface area contributed by atoms with Crippen LogP contribution >= 0.6 is 0 Å². The molecule has 0 heteroatoms. The maximum Gasteiger partial charge on any atom is -0.00403 e. The van der Waals surface area contributed by atoms with Gasteiger partial charge < -0.3 is 0 Å². The molecule has 3 rings (SSSR count). The molecule has 1 fully saturated rings. The Balaban J connectivity index is 2.20. The Kier molecular flexibility index (Phi) is 1.08. The van der Waals surface area contributed by atoms with Crippen LogP contribution in [0.4, 0.5) is 0 Å². The SMILES string of the molecule is Cc1ccc2c(c1)C1(CC2)CC1. The second kappa shape index (κ2) is 1.93. The lowest BCUT2D eigenvalue weighted by molar-refractivity contribution is 0.680. The highest BCUT2D eigenvalue weighted by atomic mass is 14.5. The van der Waals surface area contributed by atoms with Gasteiger partial charge in [-0.05, 0) is 49.1 Å². The van der Waals surface area contributed by atoms with Crippen molar-refractivity contribution in [1.29, 1.82) is 0 Å². The zero-order valence-electron chi connectivity index (χ0n) is 7.56. The molecule has 0 heterocycles. The summed E-state index contributed by atoms with van der Waals surface area (Å²) >= 11 is 0. The van der Waals surface area contributed by atoms with E-state index < -0.39 is 0 Å². The van der Waals surface area contributed by atoms with Gasteiger partial charge in [0.15, 0.2) is 0 Å². The molecule has 0 radical (unpaired) electrons. The molecule has 0 aliphatic heterocycles. The lowest BCUT2D eigenvalue weighted by atomic mass is 9.97. The van der Waals surface area contributed by atoms with Crippen molar-refractivity contribution in [3.05, 3.63) is 34.9 Å². The van der Waals surface area contributed by atoms with Gasteiger partial charge in [0.1, 0.15) is 0 Å². The van der Waals surface area contributed by atoms with Crippen LogP contribution < -0.4 is 0 Å². The molecule has 2 aliphatic rings. The number of benzene rings is 1. The zero-order valence-corrected chi connectivity index (χ0v) is 7.56. The molecular weight excluding hydrogens is 144 g/mol. The van der Waals surface area contributed by atoms with Crippen LogP contribution in [-0.4, -0.2) is 0 Å². The fourth-order valence-corrected chi connectivity index (χ4v) is 2.58. The average molecular weight is 158 g/mol. The molecule has 12 heavy (non-hydrogen) atoms. The largest absolute Gasteiger partial charge is 0.0590 e. The van der Waals surface area contributed by atoms with Gasteiger partial charge in [-0.2, -0.15) is 0 Å². The van der Waals surface area contributed by atoms with Gasteiger partial charge in [-0.15, -0.1) is 0 Å². The van der Waals surface area contributed by atoms with Crippen molar-refractivity contribution in [3.63, 3.8) is 0 Å². The summed E-state index contributed by atoms with van der Waals surface area (Å²) in [5, 5.41) is 0. The van der Waals surface area contributed by atoms with Gasteiger partial charge in [-0.25, -0.2) is 0 Å². The van der Waals surface area contributed by atoms with E-state index in [9.17, 15) is 0 Å². The molecule has 1 spiro atoms. The van der Waals surface area contributed by atoms with Crippen LogP contribution in [0.2, 0.25) is 0 Å². The number of rotatable bonds is 0. The van der Waals surface area contributed by atoms with E-state index in [1.807, 2.05) is 0 Å². The van der Waals surface area contributed by atoms with Gasteiger partial charge in [0.2, 0.25) is 0 Å². The third-order valence-corrected chi connectivity index (χ3v) is 3.56. The lowest BCUT2D eigenvalue weighted by Gasteiger charge is -2.07. The maximum atomic E-state index is 2.41. The van der Waals surface area contributed by atoms with Gasteiger partial charge >= 0.3 is 0 Å². The average Bonchev–Trinajstić information content (AvgIpc) is 2.74. The highest BCUT2D eigenvalue weighted by molar-refractivity contribution is 5.45. The summed E-state index contributed by atoms with van der Waals surface area (Å²) in [5.41, 5.74) is 5.41. The van der Waals surface area contributed by atoms with Crippen LogP contribution in [0.1, 0.15) is 36.0 Å². The lowest BCUT2D eigenvalue weighted by Crippen LogP contribution is -1.99. The first-order chi connectivity index (χ1) is 5.80. The highest BCUT2D eigenvalue weighted by Gasteiger charge is 2.48. The number of fused-ring (bicyclic) bond motifs is 2. The van der Waals surface area contributed by atoms with E-state index in [4.69, 9.17) is 0 Å². The fourth-order valence-electron chi connectivity index (χ4n) is 2.58. The molecule has 1 aromatic carbocycles. The summed E-state index contributed by atoms with van der Waals surface area (Å²) in [6, 6.07) is 6.99. The van der Waals surface area contributed by atoms with Gasteiger partial charge in [-0.3, -0.25) is 0 Å². The molecule has 0 bridgehead atoms. The van der Waals surface area contributed by atoms with E-state index in [0.29, 0.717) is 5.41 Å². The van der Waals surface area contributed by atoms with Crippen LogP contribution in [-0.2, 0) is 11.8 Å². The van der Waals surface area contributed by atoms with Crippen LogP contribution in [0.15, 0.2) is 18.2 Å². The summed E-state index contributed by atoms with van der Waals surface area (Å²) in [6.07, 6.45) is 5.65. The first kappa shape index (κ1) is 6.71. The molecule has 0 nitrogen and oxygen atoms in total. The predicted molar refractivity (Wildman–Crippen MR) is 50.4 cm³/mol. The van der Waals surface area contributed by atoms with E-state index in [-0.39, 0.29) is 0 Å². The molecule has 1 aromatic rings. The Hall–Kier alpha value is -0.780. The van der Waals surface area contributed by atoms with Crippen molar-refractivity contribution in [2.45, 2.75) is 38.0 Å². The van der Waals surface area contributed by atoms with Crippen LogP contribution in [0.3, 0.4) is 0 Å². The summed E-state index contributed by atoms with van der Waals surface area (Å²) in [5.74, 6) is 0. The first-order valence-electron chi connectivity index (χ1n) is 4.90. The third-order valence-electron chi connectivity index (χ3n) is 3.56. The molecular formula is C12H14. The Morgan fingerprint density at radius 1 is 1.17 bits per heavy atom. The number of hydrogen-bond acceptors (Lipinski definition) is 0. The molecule has 0 atom stereocenters. The first-order valence-corrected chi connectivity index (χ1v) is 4.90. The van der Waals surface area contributed by atoms with E-state index in [1.54, 1.807) is 11.1 Å². The van der Waals surface area contributed by atoms with Gasteiger partial charge in [0.25, 0.3) is 0 Å². The molecule has 0 N–H and O–H groups in total. The summed E-state index contributed by atoms with van der Waals surface area (Å²) in [7, 11) is 0. The molecule has 0 aromatic heterocycles. The van der Waals surface area contributed by atoms with Crippen LogP contribution in [0.25, 0.3) is 0 Å². The maximum absolute atomic E-state index is 2.41. The minimum Gasteiger partial charge on any atom is -0.0590 e. The molecule has 62 valence electrons. The number of hydrogen-bond donors (Lipinski definition) is 0. The number of aryl methyl sites for hydroxylation is 2. The summed E-state index contributed by atoms with van der Waals surface area (Å²) < 4.78 is 0. The van der Waals surface area contributed by atoms with E-state index in [0.717, 1.165) is 0 Å². The summed E-state index contributed by atoms with van der Waals surface area (Å²) in [6.45, 7) is 2.20. The van der Waals surface area contributed by atoms with Gasteiger partial charge in [0, 0.05) is 0 Å². The van der Waals surface area contributed by atoms with Gasteiger partial charge in [-0.1, -0.05) is 23.8 Å². The highest BCUT2D eigenvalue weighted by Crippen LogP contribution is 2.56. The topological polar surface area (TPSA) is 0 Å². The fraction of sp³-hybridized carbons (Fsp3) is 0.500. The molecule has 0 unspecified atom stereocenters. The van der Waals surface area contributed by atoms with Crippen LogP contribution in [0, 0.1) is 6.92 Å². The van der Waals surface area contributed by atoms with Crippen molar-refractivity contribution in [2.24, 2.45) is 0 Å². The van der Waals surface area contributed by atoms with E-state index in [1.165, 1.54) is 31.2 Å². The standard InChI is InChI=1S/C12H14/c1-9-2-3-10-4-5-12(6-7-12)11(10)8-9/h2-3,8H,4-7H2,1H3. The molecule has 1 saturated carbocycles. The molecule has 2 aliphatic carbocycles. The van der Waals surface area contributed by atoms with Crippen molar-refractivity contribution >= 4 is 0 Å². The van der Waals surface area contributed by atoms with Crippen LogP contribution in [0.5, 0.6) is 0 Å². The Morgan fingerprint density at radius 3 is 2.75 bits per heavy atom. The Labute approximate surface area is 73.6 Å². The Bertz CT molecular complexity index is 332. The molecule has 0 saturated heterocycles. The van der Waals surface area contributed by atoms with Crippen molar-refractivity contribution in [2.75, 3.05) is 0 Å². The van der Waals surface area contributed by atoms with E-state index >= 15 is 0 Å². The second-order valence-electron chi connectivity index (χ2n) is 4.44. The third kappa shape index (κ3) is 0.730. The predicted octanol–water partition coefficient (Wildman–Crippen LogP) is 2.97. The normalized spacial score (nSPS) is 22.8. The smallest absolute Gasteiger partial charge is 0.00403 e.